The summed E-state index contributed by atoms with van der Waals surface area (Å²) in [4.78, 5) is 36.7. The van der Waals surface area contributed by atoms with Gasteiger partial charge >= 0.3 is 6.09 Å². The number of nitrogens with zero attached hydrogens (tertiary/aromatic N) is 4. The molecule has 11 nitrogen and oxygen atoms in total. The number of hydrogen-bond donors (Lipinski definition) is 3. The molecule has 4 rings (SSSR count). The van der Waals surface area contributed by atoms with Crippen molar-refractivity contribution in [1.82, 2.24) is 25.6 Å². The third kappa shape index (κ3) is 6.02. The van der Waals surface area contributed by atoms with Gasteiger partial charge in [-0.15, -0.1) is 5.10 Å². The predicted molar refractivity (Wildman–Crippen MR) is 126 cm³/mol. The highest BCUT2D eigenvalue weighted by Crippen LogP contribution is 2.29. The summed E-state index contributed by atoms with van der Waals surface area (Å²) in [5.74, 6) is -0.992. The standard InChI is InChI=1S/C24H25FN6O5/c1-15(33)26-10-20-12-31(24(35)36-20)19-6-7-21(22(25)8-19)17-4-2-16(3-5-17)9-27-23(34)13-30-11-18(14-32)28-29-30/h2-8,11,20,32H,9-10,12-14H2,1H3,(H,26,33)(H,27,34). The van der Waals surface area contributed by atoms with Crippen molar-refractivity contribution < 1.29 is 28.6 Å². The molecule has 36 heavy (non-hydrogen) atoms. The van der Waals surface area contributed by atoms with Gasteiger partial charge in [-0.3, -0.25) is 14.5 Å². The minimum atomic E-state index is -0.596. The van der Waals surface area contributed by atoms with Crippen LogP contribution in [0.5, 0.6) is 0 Å². The Balaban J connectivity index is 1.34. The van der Waals surface area contributed by atoms with Crippen LogP contribution in [0.1, 0.15) is 18.2 Å². The van der Waals surface area contributed by atoms with Gasteiger partial charge in [0.15, 0.2) is 0 Å². The molecule has 1 atom stereocenters. The summed E-state index contributed by atoms with van der Waals surface area (Å²) in [6.07, 6.45) is 0.387. The molecule has 1 aliphatic rings. The van der Waals surface area contributed by atoms with Crippen molar-refractivity contribution in [2.75, 3.05) is 18.0 Å². The van der Waals surface area contributed by atoms with Gasteiger partial charge in [0, 0.05) is 19.0 Å². The van der Waals surface area contributed by atoms with E-state index in [1.54, 1.807) is 36.4 Å². The summed E-state index contributed by atoms with van der Waals surface area (Å²) in [5.41, 5.74) is 2.57. The summed E-state index contributed by atoms with van der Waals surface area (Å²) in [6.45, 7) is 1.77. The fourth-order valence-electron chi connectivity index (χ4n) is 3.70. The quantitative estimate of drug-likeness (QED) is 0.407. The first-order valence-electron chi connectivity index (χ1n) is 11.2. The van der Waals surface area contributed by atoms with E-state index in [1.165, 1.54) is 28.8 Å². The summed E-state index contributed by atoms with van der Waals surface area (Å²) in [7, 11) is 0. The number of rotatable bonds is 9. The zero-order valence-electron chi connectivity index (χ0n) is 19.5. The van der Waals surface area contributed by atoms with Crippen LogP contribution in [-0.4, -0.2) is 57.2 Å². The van der Waals surface area contributed by atoms with Gasteiger partial charge in [-0.1, -0.05) is 29.5 Å². The van der Waals surface area contributed by atoms with Gasteiger partial charge < -0.3 is 20.5 Å². The number of halogens is 1. The average molecular weight is 496 g/mol. The second-order valence-corrected chi connectivity index (χ2v) is 8.26. The molecule has 0 aliphatic carbocycles. The van der Waals surface area contributed by atoms with Crippen LogP contribution in [0.25, 0.3) is 11.1 Å². The van der Waals surface area contributed by atoms with E-state index in [4.69, 9.17) is 9.84 Å². The number of nitrogens with one attached hydrogen (secondary N) is 2. The zero-order valence-corrected chi connectivity index (χ0v) is 19.5. The van der Waals surface area contributed by atoms with Gasteiger partial charge in [-0.05, 0) is 29.3 Å². The third-order valence-corrected chi connectivity index (χ3v) is 5.53. The van der Waals surface area contributed by atoms with E-state index in [0.717, 1.165) is 5.56 Å². The van der Waals surface area contributed by atoms with Crippen LogP contribution in [-0.2, 0) is 34.0 Å². The number of hydrogen-bond acceptors (Lipinski definition) is 7. The maximum atomic E-state index is 14.9. The molecule has 1 unspecified atom stereocenters. The van der Waals surface area contributed by atoms with Crippen LogP contribution >= 0.6 is 0 Å². The van der Waals surface area contributed by atoms with Gasteiger partial charge in [-0.2, -0.15) is 0 Å². The first kappa shape index (κ1) is 24.8. The van der Waals surface area contributed by atoms with Crippen LogP contribution in [0.3, 0.4) is 0 Å². The molecular weight excluding hydrogens is 471 g/mol. The number of carbonyl (C=O) groups is 3. The SMILES string of the molecule is CC(=O)NCC1CN(c2ccc(-c3ccc(CNC(=O)Cn4cc(CO)nn4)cc3)c(F)c2)C(=O)O1. The normalized spacial score (nSPS) is 15.0. The molecule has 3 amide bonds. The molecule has 3 N–H and O–H groups in total. The highest BCUT2D eigenvalue weighted by atomic mass is 19.1. The molecule has 2 aromatic carbocycles. The van der Waals surface area contributed by atoms with Gasteiger partial charge in [0.25, 0.3) is 0 Å². The number of amides is 3. The Morgan fingerprint density at radius 2 is 1.97 bits per heavy atom. The van der Waals surface area contributed by atoms with Crippen molar-refractivity contribution in [1.29, 1.82) is 0 Å². The van der Waals surface area contributed by atoms with Crippen LogP contribution in [0.2, 0.25) is 0 Å². The molecule has 12 heteroatoms. The summed E-state index contributed by atoms with van der Waals surface area (Å²) in [6, 6.07) is 11.6. The minimum absolute atomic E-state index is 0.0266. The van der Waals surface area contributed by atoms with Crippen molar-refractivity contribution >= 4 is 23.6 Å². The lowest BCUT2D eigenvalue weighted by atomic mass is 10.0. The molecule has 0 spiro atoms. The molecule has 188 valence electrons. The molecule has 0 radical (unpaired) electrons. The number of carbonyl (C=O) groups excluding carboxylic acids is 3. The van der Waals surface area contributed by atoms with E-state index < -0.39 is 18.0 Å². The number of aliphatic hydroxyl groups is 1. The topological polar surface area (TPSA) is 139 Å². The predicted octanol–water partition coefficient (Wildman–Crippen LogP) is 1.35. The lowest BCUT2D eigenvalue weighted by Gasteiger charge is -2.15. The molecule has 2 heterocycles. The lowest BCUT2D eigenvalue weighted by Crippen LogP contribution is -2.33. The molecular formula is C24H25FN6O5. The maximum absolute atomic E-state index is 14.9. The number of benzene rings is 2. The van der Waals surface area contributed by atoms with Gasteiger partial charge in [-0.25, -0.2) is 13.9 Å². The van der Waals surface area contributed by atoms with E-state index in [0.29, 0.717) is 22.5 Å². The highest BCUT2D eigenvalue weighted by Gasteiger charge is 2.32. The maximum Gasteiger partial charge on any atom is 0.414 e. The van der Waals surface area contributed by atoms with Crippen LogP contribution < -0.4 is 15.5 Å². The first-order chi connectivity index (χ1) is 17.3. The number of ether oxygens (including phenoxy) is 1. The number of aromatic nitrogens is 3. The van der Waals surface area contributed by atoms with Crippen molar-refractivity contribution in [3.8, 4) is 11.1 Å². The van der Waals surface area contributed by atoms with Crippen molar-refractivity contribution in [2.45, 2.75) is 32.7 Å². The molecule has 0 saturated carbocycles. The van der Waals surface area contributed by atoms with E-state index in [2.05, 4.69) is 20.9 Å². The third-order valence-electron chi connectivity index (χ3n) is 5.53. The second kappa shape index (κ2) is 11.0. The molecule has 1 fully saturated rings. The number of cyclic esters (lactones) is 1. The minimum Gasteiger partial charge on any atom is -0.442 e. The Hall–Kier alpha value is -4.32. The summed E-state index contributed by atoms with van der Waals surface area (Å²) in [5, 5.41) is 21.8. The van der Waals surface area contributed by atoms with Gasteiger partial charge in [0.1, 0.15) is 24.2 Å². The van der Waals surface area contributed by atoms with Crippen LogP contribution in [0.15, 0.2) is 48.7 Å². The highest BCUT2D eigenvalue weighted by molar-refractivity contribution is 5.90. The smallest absolute Gasteiger partial charge is 0.414 e. The Morgan fingerprint density at radius 1 is 1.19 bits per heavy atom. The zero-order chi connectivity index (χ0) is 25.7. The molecule has 0 bridgehead atoms. The van der Waals surface area contributed by atoms with E-state index in [9.17, 15) is 18.8 Å². The van der Waals surface area contributed by atoms with E-state index >= 15 is 0 Å². The van der Waals surface area contributed by atoms with Gasteiger partial charge in [0.05, 0.1) is 31.6 Å². The molecule has 1 aliphatic heterocycles. The molecule has 1 saturated heterocycles. The fraction of sp³-hybridized carbons (Fsp3) is 0.292. The van der Waals surface area contributed by atoms with E-state index in [-0.39, 0.29) is 44.6 Å². The average Bonchev–Trinajstić information content (AvgIpc) is 3.47. The van der Waals surface area contributed by atoms with Crippen molar-refractivity contribution in [3.63, 3.8) is 0 Å². The van der Waals surface area contributed by atoms with Crippen LogP contribution in [0, 0.1) is 5.82 Å². The summed E-state index contributed by atoms with van der Waals surface area (Å²) >= 11 is 0. The number of anilines is 1. The van der Waals surface area contributed by atoms with Crippen molar-refractivity contribution in [3.05, 3.63) is 65.7 Å². The second-order valence-electron chi connectivity index (χ2n) is 8.26. The first-order valence-corrected chi connectivity index (χ1v) is 11.2. The lowest BCUT2D eigenvalue weighted by molar-refractivity contribution is -0.122. The Morgan fingerprint density at radius 3 is 2.64 bits per heavy atom. The molecule has 1 aromatic heterocycles. The van der Waals surface area contributed by atoms with Crippen LogP contribution in [0.4, 0.5) is 14.9 Å². The monoisotopic (exact) mass is 496 g/mol. The number of aliphatic hydroxyl groups excluding tert-OH is 1. The van der Waals surface area contributed by atoms with Gasteiger partial charge in [0.2, 0.25) is 11.8 Å². The van der Waals surface area contributed by atoms with Crippen molar-refractivity contribution in [2.24, 2.45) is 0 Å². The Kier molecular flexibility index (Phi) is 7.54. The summed E-state index contributed by atoms with van der Waals surface area (Å²) < 4.78 is 21.5. The Labute approximate surface area is 205 Å². The molecule has 3 aromatic rings. The Bertz CT molecular complexity index is 1260. The fourth-order valence-corrected chi connectivity index (χ4v) is 3.70. The van der Waals surface area contributed by atoms with E-state index in [1.807, 2.05) is 0 Å². The largest absolute Gasteiger partial charge is 0.442 e.